The lowest BCUT2D eigenvalue weighted by molar-refractivity contribution is -0.142. The lowest BCUT2D eigenvalue weighted by Gasteiger charge is -2.27. The number of nitrogens with one attached hydrogen (secondary N) is 1. The SMILES string of the molecule is Cl.O=C(Cn1ccc(C(F)(F)F)n1)N1CCNCC1. The van der Waals surface area contributed by atoms with E-state index < -0.39 is 11.9 Å². The van der Waals surface area contributed by atoms with E-state index in [1.807, 2.05) is 0 Å². The number of rotatable bonds is 2. The number of nitrogens with zero attached hydrogens (tertiary/aromatic N) is 3. The summed E-state index contributed by atoms with van der Waals surface area (Å²) in [5.74, 6) is -0.215. The number of aromatic nitrogens is 2. The summed E-state index contributed by atoms with van der Waals surface area (Å²) in [7, 11) is 0. The minimum Gasteiger partial charge on any atom is -0.339 e. The van der Waals surface area contributed by atoms with Crippen molar-refractivity contribution in [1.29, 1.82) is 0 Å². The molecule has 0 aliphatic carbocycles. The fraction of sp³-hybridized carbons (Fsp3) is 0.600. The average Bonchev–Trinajstić information content (AvgIpc) is 2.78. The molecule has 0 radical (unpaired) electrons. The van der Waals surface area contributed by atoms with Crippen molar-refractivity contribution >= 4 is 18.3 Å². The molecule has 1 aliphatic heterocycles. The Bertz CT molecular complexity index is 429. The standard InChI is InChI=1S/C10H13F3N4O.ClH/c11-10(12,13)8-1-4-17(15-8)7-9(18)16-5-2-14-3-6-16;/h1,4,14H,2-3,5-7H2;1H. The second kappa shape index (κ2) is 6.25. The van der Waals surface area contributed by atoms with E-state index in [2.05, 4.69) is 10.4 Å². The minimum atomic E-state index is -4.47. The molecule has 0 saturated carbocycles. The zero-order chi connectivity index (χ0) is 13.2. The van der Waals surface area contributed by atoms with E-state index in [-0.39, 0.29) is 24.9 Å². The quantitative estimate of drug-likeness (QED) is 0.877. The molecular formula is C10H14ClF3N4O. The normalized spacial score (nSPS) is 16.1. The Morgan fingerprint density at radius 2 is 2.00 bits per heavy atom. The highest BCUT2D eigenvalue weighted by atomic mass is 35.5. The van der Waals surface area contributed by atoms with Crippen LogP contribution in [0.5, 0.6) is 0 Å². The van der Waals surface area contributed by atoms with Gasteiger partial charge in [-0.05, 0) is 6.07 Å². The van der Waals surface area contributed by atoms with Gasteiger partial charge < -0.3 is 10.2 Å². The van der Waals surface area contributed by atoms with Crippen LogP contribution in [0.4, 0.5) is 13.2 Å². The molecule has 0 aromatic carbocycles. The molecule has 1 amide bonds. The third kappa shape index (κ3) is 4.10. The third-order valence-corrected chi connectivity index (χ3v) is 2.70. The van der Waals surface area contributed by atoms with Crippen molar-refractivity contribution in [3.8, 4) is 0 Å². The van der Waals surface area contributed by atoms with E-state index in [0.717, 1.165) is 10.7 Å². The molecule has 1 N–H and O–H groups in total. The van der Waals surface area contributed by atoms with Crippen molar-refractivity contribution in [2.24, 2.45) is 0 Å². The van der Waals surface area contributed by atoms with Gasteiger partial charge in [0.25, 0.3) is 0 Å². The van der Waals surface area contributed by atoms with Crippen molar-refractivity contribution in [2.75, 3.05) is 26.2 Å². The van der Waals surface area contributed by atoms with Gasteiger partial charge in [-0.3, -0.25) is 9.48 Å². The fourth-order valence-electron chi connectivity index (χ4n) is 1.75. The first-order valence-electron chi connectivity index (χ1n) is 5.56. The molecule has 0 spiro atoms. The molecule has 0 bridgehead atoms. The first kappa shape index (κ1) is 15.8. The molecule has 2 rings (SSSR count). The summed E-state index contributed by atoms with van der Waals surface area (Å²) in [6, 6.07) is 0.866. The molecule has 1 aromatic heterocycles. The van der Waals surface area contributed by atoms with E-state index in [0.29, 0.717) is 26.2 Å². The Labute approximate surface area is 114 Å². The summed E-state index contributed by atoms with van der Waals surface area (Å²) < 4.78 is 38.0. The zero-order valence-electron chi connectivity index (χ0n) is 9.98. The van der Waals surface area contributed by atoms with E-state index in [1.165, 1.54) is 6.20 Å². The molecule has 1 fully saturated rings. The highest BCUT2D eigenvalue weighted by Gasteiger charge is 2.33. The number of alkyl halides is 3. The van der Waals surface area contributed by atoms with Gasteiger partial charge in [-0.15, -0.1) is 12.4 Å². The monoisotopic (exact) mass is 298 g/mol. The van der Waals surface area contributed by atoms with Gasteiger partial charge in [0, 0.05) is 32.4 Å². The van der Waals surface area contributed by atoms with Gasteiger partial charge in [-0.2, -0.15) is 18.3 Å². The summed E-state index contributed by atoms with van der Waals surface area (Å²) in [6.07, 6.45) is -3.30. The van der Waals surface area contributed by atoms with Crippen LogP contribution >= 0.6 is 12.4 Å². The number of hydrogen-bond acceptors (Lipinski definition) is 3. The largest absolute Gasteiger partial charge is 0.435 e. The Kier molecular flexibility index (Phi) is 5.19. The number of carbonyl (C=O) groups excluding carboxylic acids is 1. The summed E-state index contributed by atoms with van der Waals surface area (Å²) in [4.78, 5) is 13.4. The highest BCUT2D eigenvalue weighted by molar-refractivity contribution is 5.85. The molecule has 1 aromatic rings. The highest BCUT2D eigenvalue weighted by Crippen LogP contribution is 2.27. The van der Waals surface area contributed by atoms with Crippen LogP contribution in [0.2, 0.25) is 0 Å². The molecule has 5 nitrogen and oxygen atoms in total. The van der Waals surface area contributed by atoms with Gasteiger partial charge in [0.1, 0.15) is 6.54 Å². The van der Waals surface area contributed by atoms with Crippen LogP contribution in [-0.4, -0.2) is 46.8 Å². The van der Waals surface area contributed by atoms with E-state index in [4.69, 9.17) is 0 Å². The average molecular weight is 299 g/mol. The number of carbonyl (C=O) groups is 1. The molecule has 1 saturated heterocycles. The van der Waals surface area contributed by atoms with E-state index in [9.17, 15) is 18.0 Å². The van der Waals surface area contributed by atoms with Gasteiger partial charge >= 0.3 is 6.18 Å². The van der Waals surface area contributed by atoms with Crippen molar-refractivity contribution in [3.05, 3.63) is 18.0 Å². The van der Waals surface area contributed by atoms with Crippen LogP contribution in [0.3, 0.4) is 0 Å². The fourth-order valence-corrected chi connectivity index (χ4v) is 1.75. The summed E-state index contributed by atoms with van der Waals surface area (Å²) in [5, 5.41) is 6.44. The zero-order valence-corrected chi connectivity index (χ0v) is 10.8. The lowest BCUT2D eigenvalue weighted by atomic mass is 10.3. The Morgan fingerprint density at radius 1 is 1.37 bits per heavy atom. The summed E-state index contributed by atoms with van der Waals surface area (Å²) in [5.41, 5.74) is -0.976. The number of amides is 1. The van der Waals surface area contributed by atoms with Crippen LogP contribution in [0.25, 0.3) is 0 Å². The topological polar surface area (TPSA) is 50.2 Å². The predicted molar refractivity (Wildman–Crippen MR) is 63.9 cm³/mol. The maximum Gasteiger partial charge on any atom is 0.435 e. The second-order valence-electron chi connectivity index (χ2n) is 4.03. The number of halogens is 4. The van der Waals surface area contributed by atoms with Crippen LogP contribution in [0, 0.1) is 0 Å². The first-order chi connectivity index (χ1) is 8.47. The summed E-state index contributed by atoms with van der Waals surface area (Å²) in [6.45, 7) is 2.41. The lowest BCUT2D eigenvalue weighted by Crippen LogP contribution is -2.47. The maximum absolute atomic E-state index is 12.3. The molecule has 1 aliphatic rings. The van der Waals surface area contributed by atoms with Crippen LogP contribution < -0.4 is 5.32 Å². The molecule has 0 unspecified atom stereocenters. The van der Waals surface area contributed by atoms with Crippen LogP contribution in [0.15, 0.2) is 12.3 Å². The Hall–Kier alpha value is -1.28. The van der Waals surface area contributed by atoms with Gasteiger partial charge in [-0.1, -0.05) is 0 Å². The van der Waals surface area contributed by atoms with Crippen LogP contribution in [-0.2, 0) is 17.5 Å². The molecule has 0 atom stereocenters. The van der Waals surface area contributed by atoms with Crippen LogP contribution in [0.1, 0.15) is 5.69 Å². The van der Waals surface area contributed by atoms with E-state index >= 15 is 0 Å². The van der Waals surface area contributed by atoms with E-state index in [1.54, 1.807) is 4.90 Å². The van der Waals surface area contributed by atoms with Crippen molar-refractivity contribution in [3.63, 3.8) is 0 Å². The van der Waals surface area contributed by atoms with Gasteiger partial charge in [0.15, 0.2) is 5.69 Å². The molecule has 2 heterocycles. The number of hydrogen-bond donors (Lipinski definition) is 1. The Morgan fingerprint density at radius 3 is 2.53 bits per heavy atom. The van der Waals surface area contributed by atoms with Gasteiger partial charge in [0.2, 0.25) is 5.91 Å². The smallest absolute Gasteiger partial charge is 0.339 e. The van der Waals surface area contributed by atoms with Gasteiger partial charge in [-0.25, -0.2) is 0 Å². The van der Waals surface area contributed by atoms with Gasteiger partial charge in [0.05, 0.1) is 0 Å². The summed E-state index contributed by atoms with van der Waals surface area (Å²) >= 11 is 0. The first-order valence-corrected chi connectivity index (χ1v) is 5.56. The second-order valence-corrected chi connectivity index (χ2v) is 4.03. The molecular weight excluding hydrogens is 285 g/mol. The van der Waals surface area contributed by atoms with Crippen molar-refractivity contribution < 1.29 is 18.0 Å². The Balaban J connectivity index is 0.00000180. The van der Waals surface area contributed by atoms with Crippen molar-refractivity contribution in [2.45, 2.75) is 12.7 Å². The molecule has 19 heavy (non-hydrogen) atoms. The number of piperazine rings is 1. The maximum atomic E-state index is 12.3. The minimum absolute atomic E-state index is 0. The molecule has 9 heteroatoms. The molecule has 108 valence electrons. The van der Waals surface area contributed by atoms with Crippen molar-refractivity contribution in [1.82, 2.24) is 20.0 Å². The predicted octanol–water partition coefficient (Wildman–Crippen LogP) is 0.755. The third-order valence-electron chi connectivity index (χ3n) is 2.70.